The van der Waals surface area contributed by atoms with E-state index in [-0.39, 0.29) is 17.7 Å². The Hall–Kier alpha value is -2.71. The number of carbonyl (C=O) groups is 3. The van der Waals surface area contributed by atoms with E-state index < -0.39 is 0 Å². The number of benzene rings is 2. The molecule has 1 aromatic heterocycles. The Bertz CT molecular complexity index is 1070. The Morgan fingerprint density at radius 3 is 2.55 bits per heavy atom. The average molecular weight is 426 g/mol. The van der Waals surface area contributed by atoms with E-state index in [1.807, 2.05) is 0 Å². The van der Waals surface area contributed by atoms with E-state index in [4.69, 9.17) is 0 Å². The molecule has 0 unspecified atom stereocenters. The first kappa shape index (κ1) is 19.6. The van der Waals surface area contributed by atoms with Gasteiger partial charge in [0.05, 0.1) is 32.8 Å². The summed E-state index contributed by atoms with van der Waals surface area (Å²) in [4.78, 5) is 43.0. The summed E-state index contributed by atoms with van der Waals surface area (Å²) in [6, 6.07) is 12.2. The zero-order valence-corrected chi connectivity index (χ0v) is 17.4. The van der Waals surface area contributed by atoms with E-state index >= 15 is 0 Å². The number of hydrogen-bond donors (Lipinski definition) is 1. The first-order valence-corrected chi connectivity index (χ1v) is 11.2. The maximum absolute atomic E-state index is 12.7. The number of imide groups is 1. The van der Waals surface area contributed by atoms with Gasteiger partial charge in [0.25, 0.3) is 11.8 Å². The predicted octanol–water partition coefficient (Wildman–Crippen LogP) is 4.11. The van der Waals surface area contributed by atoms with Crippen LogP contribution in [-0.2, 0) is 4.79 Å². The second-order valence-electron chi connectivity index (χ2n) is 6.62. The lowest BCUT2D eigenvalue weighted by atomic mass is 10.1. The molecule has 0 aliphatic carbocycles. The molecule has 2 heterocycles. The zero-order valence-electron chi connectivity index (χ0n) is 15.8. The van der Waals surface area contributed by atoms with Crippen LogP contribution in [-0.4, -0.2) is 35.0 Å². The van der Waals surface area contributed by atoms with Crippen molar-refractivity contribution < 1.29 is 14.4 Å². The molecule has 0 saturated carbocycles. The molecule has 29 heavy (non-hydrogen) atoms. The molecule has 6 nitrogen and oxygen atoms in total. The van der Waals surface area contributed by atoms with Gasteiger partial charge in [0.2, 0.25) is 5.91 Å². The van der Waals surface area contributed by atoms with E-state index in [9.17, 15) is 14.4 Å². The van der Waals surface area contributed by atoms with Crippen molar-refractivity contribution in [1.82, 2.24) is 10.3 Å². The highest BCUT2D eigenvalue weighted by Crippen LogP contribution is 2.34. The Morgan fingerprint density at radius 1 is 1.14 bits per heavy atom. The molecular formula is C21H19N3O3S2. The lowest BCUT2D eigenvalue weighted by Gasteiger charge is -2.13. The van der Waals surface area contributed by atoms with Crippen LogP contribution in [0.25, 0.3) is 10.2 Å². The van der Waals surface area contributed by atoms with Crippen molar-refractivity contribution in [3.05, 3.63) is 53.6 Å². The van der Waals surface area contributed by atoms with Crippen molar-refractivity contribution in [2.45, 2.75) is 24.1 Å². The van der Waals surface area contributed by atoms with E-state index in [1.54, 1.807) is 42.5 Å². The minimum absolute atomic E-state index is 0.00517. The van der Waals surface area contributed by atoms with Crippen molar-refractivity contribution >= 4 is 56.7 Å². The van der Waals surface area contributed by atoms with Gasteiger partial charge in [0.15, 0.2) is 4.34 Å². The second kappa shape index (κ2) is 8.34. The molecule has 0 atom stereocenters. The van der Waals surface area contributed by atoms with Gasteiger partial charge in [-0.05, 0) is 36.8 Å². The minimum Gasteiger partial charge on any atom is -0.355 e. The first-order valence-electron chi connectivity index (χ1n) is 9.36. The number of rotatable bonds is 7. The second-order valence-corrected chi connectivity index (χ2v) is 8.87. The smallest absolute Gasteiger partial charge is 0.266 e. The number of hydrogen-bond acceptors (Lipinski definition) is 6. The number of nitrogens with one attached hydrogen (secondary N) is 1. The molecule has 0 fully saturated rings. The number of unbranched alkanes of at least 4 members (excludes halogenated alkanes) is 1. The fourth-order valence-electron chi connectivity index (χ4n) is 3.10. The fourth-order valence-corrected chi connectivity index (χ4v) is 5.03. The topological polar surface area (TPSA) is 79.4 Å². The van der Waals surface area contributed by atoms with Crippen molar-refractivity contribution in [3.8, 4) is 0 Å². The molecule has 3 aromatic rings. The van der Waals surface area contributed by atoms with Crippen LogP contribution in [0.5, 0.6) is 0 Å². The van der Waals surface area contributed by atoms with Crippen molar-refractivity contribution in [3.63, 3.8) is 0 Å². The molecule has 8 heteroatoms. The number of amides is 3. The van der Waals surface area contributed by atoms with Gasteiger partial charge in [-0.15, -0.1) is 11.3 Å². The molecule has 4 rings (SSSR count). The SMILES string of the molecule is CCCCNC(=O)CSc1nc2ccc(N3C(=O)c4ccccc4C3=O)cc2s1. The molecule has 1 N–H and O–H groups in total. The maximum Gasteiger partial charge on any atom is 0.266 e. The number of fused-ring (bicyclic) bond motifs is 2. The van der Waals surface area contributed by atoms with E-state index in [1.165, 1.54) is 28.0 Å². The van der Waals surface area contributed by atoms with Gasteiger partial charge < -0.3 is 5.32 Å². The summed E-state index contributed by atoms with van der Waals surface area (Å²) in [5.41, 5.74) is 2.16. The lowest BCUT2D eigenvalue weighted by molar-refractivity contribution is -0.118. The van der Waals surface area contributed by atoms with Crippen LogP contribution in [0.4, 0.5) is 5.69 Å². The van der Waals surface area contributed by atoms with Crippen LogP contribution in [0.1, 0.15) is 40.5 Å². The van der Waals surface area contributed by atoms with Crippen LogP contribution < -0.4 is 10.2 Å². The fraction of sp³-hybridized carbons (Fsp3) is 0.238. The summed E-state index contributed by atoms with van der Waals surface area (Å²) in [5.74, 6) is -0.315. The standard InChI is InChI=1S/C21H19N3O3S2/c1-2-3-10-22-18(25)12-28-21-23-16-9-8-13(11-17(16)29-21)24-19(26)14-6-4-5-7-15(14)20(24)27/h4-9,11H,2-3,10,12H2,1H3,(H,22,25). The van der Waals surface area contributed by atoms with Crippen LogP contribution in [0.2, 0.25) is 0 Å². The molecule has 1 aliphatic heterocycles. The van der Waals surface area contributed by atoms with Gasteiger partial charge in [-0.25, -0.2) is 9.88 Å². The Labute approximate surface area is 176 Å². The number of thiazole rings is 1. The number of nitrogens with zero attached hydrogens (tertiary/aromatic N) is 2. The molecule has 3 amide bonds. The van der Waals surface area contributed by atoms with Gasteiger partial charge in [-0.1, -0.05) is 37.2 Å². The van der Waals surface area contributed by atoms with Gasteiger partial charge in [-0.3, -0.25) is 14.4 Å². The minimum atomic E-state index is -0.312. The molecule has 0 bridgehead atoms. The number of anilines is 1. The van der Waals surface area contributed by atoms with Crippen molar-refractivity contribution in [2.75, 3.05) is 17.2 Å². The van der Waals surface area contributed by atoms with Crippen molar-refractivity contribution in [2.24, 2.45) is 0 Å². The molecule has 0 radical (unpaired) electrons. The first-order chi connectivity index (χ1) is 14.1. The van der Waals surface area contributed by atoms with Gasteiger partial charge in [0, 0.05) is 6.54 Å². The summed E-state index contributed by atoms with van der Waals surface area (Å²) < 4.78 is 1.65. The summed E-state index contributed by atoms with van der Waals surface area (Å²) in [6.07, 6.45) is 2.01. The van der Waals surface area contributed by atoms with Crippen LogP contribution in [0.15, 0.2) is 46.8 Å². The molecule has 1 aliphatic rings. The Morgan fingerprint density at radius 2 is 1.86 bits per heavy atom. The molecular weight excluding hydrogens is 406 g/mol. The monoisotopic (exact) mass is 425 g/mol. The van der Waals surface area contributed by atoms with Gasteiger partial charge >= 0.3 is 0 Å². The van der Waals surface area contributed by atoms with E-state index in [0.717, 1.165) is 27.4 Å². The lowest BCUT2D eigenvalue weighted by Crippen LogP contribution is -2.29. The average Bonchev–Trinajstić information content (AvgIpc) is 3.25. The van der Waals surface area contributed by atoms with E-state index in [0.29, 0.717) is 29.1 Å². The Kier molecular flexibility index (Phi) is 5.64. The number of thioether (sulfide) groups is 1. The summed E-state index contributed by atoms with van der Waals surface area (Å²) in [7, 11) is 0. The molecule has 0 saturated heterocycles. The highest BCUT2D eigenvalue weighted by atomic mass is 32.2. The third-order valence-electron chi connectivity index (χ3n) is 4.58. The van der Waals surface area contributed by atoms with Crippen LogP contribution in [0.3, 0.4) is 0 Å². The molecule has 0 spiro atoms. The van der Waals surface area contributed by atoms with Crippen LogP contribution in [0, 0.1) is 0 Å². The van der Waals surface area contributed by atoms with Gasteiger partial charge in [0.1, 0.15) is 0 Å². The predicted molar refractivity (Wildman–Crippen MR) is 116 cm³/mol. The quantitative estimate of drug-likeness (QED) is 0.350. The normalized spacial score (nSPS) is 13.2. The Balaban J connectivity index is 1.50. The number of aromatic nitrogens is 1. The largest absolute Gasteiger partial charge is 0.355 e. The van der Waals surface area contributed by atoms with Crippen molar-refractivity contribution in [1.29, 1.82) is 0 Å². The molecule has 2 aromatic carbocycles. The highest BCUT2D eigenvalue weighted by Gasteiger charge is 2.36. The maximum atomic E-state index is 12.7. The summed E-state index contributed by atoms with van der Waals surface area (Å²) >= 11 is 2.84. The third kappa shape index (κ3) is 3.90. The summed E-state index contributed by atoms with van der Waals surface area (Å²) in [6.45, 7) is 2.78. The zero-order chi connectivity index (χ0) is 20.4. The summed E-state index contributed by atoms with van der Waals surface area (Å²) in [5, 5.41) is 2.89. The van der Waals surface area contributed by atoms with E-state index in [2.05, 4.69) is 17.2 Å². The highest BCUT2D eigenvalue weighted by molar-refractivity contribution is 8.01. The van der Waals surface area contributed by atoms with Crippen LogP contribution >= 0.6 is 23.1 Å². The van der Waals surface area contributed by atoms with Gasteiger partial charge in [-0.2, -0.15) is 0 Å². The number of carbonyl (C=O) groups excluding carboxylic acids is 3. The molecule has 148 valence electrons. The third-order valence-corrected chi connectivity index (χ3v) is 6.75.